The van der Waals surface area contributed by atoms with Gasteiger partial charge in [-0.25, -0.2) is 0 Å². The van der Waals surface area contributed by atoms with Crippen molar-refractivity contribution in [3.63, 3.8) is 0 Å². The van der Waals surface area contributed by atoms with Crippen molar-refractivity contribution in [3.05, 3.63) is 33.3 Å². The van der Waals surface area contributed by atoms with Gasteiger partial charge in [0.2, 0.25) is 0 Å². The predicted molar refractivity (Wildman–Crippen MR) is 70.7 cm³/mol. The maximum atomic E-state index is 10.9. The van der Waals surface area contributed by atoms with Gasteiger partial charge < -0.3 is 5.32 Å². The number of unbranched alkanes of at least 4 members (excludes halogenated alkanes) is 1. The third-order valence-electron chi connectivity index (χ3n) is 2.55. The van der Waals surface area contributed by atoms with Gasteiger partial charge in [0.05, 0.1) is 4.92 Å². The molecule has 0 aliphatic rings. The lowest BCUT2D eigenvalue weighted by Crippen LogP contribution is -2.15. The quantitative estimate of drug-likeness (QED) is 0.612. The Bertz CT molecular complexity index is 396. The van der Waals surface area contributed by atoms with Crippen molar-refractivity contribution in [1.29, 1.82) is 0 Å². The molecule has 1 unspecified atom stereocenters. The fourth-order valence-electron chi connectivity index (χ4n) is 1.63. The summed E-state index contributed by atoms with van der Waals surface area (Å²) in [6.45, 7) is 4.14. The fraction of sp³-hybridized carbons (Fsp3) is 0.500. The lowest BCUT2D eigenvalue weighted by atomic mass is 10.1. The highest BCUT2D eigenvalue weighted by molar-refractivity contribution is 6.30. The average molecular weight is 257 g/mol. The zero-order valence-corrected chi connectivity index (χ0v) is 10.8. The smallest absolute Gasteiger partial charge is 0.293 e. The van der Waals surface area contributed by atoms with E-state index in [0.717, 1.165) is 19.3 Å². The summed E-state index contributed by atoms with van der Waals surface area (Å²) in [5, 5.41) is 14.4. The number of nitro benzene ring substituents is 1. The van der Waals surface area contributed by atoms with Gasteiger partial charge in [-0.2, -0.15) is 0 Å². The topological polar surface area (TPSA) is 55.2 Å². The van der Waals surface area contributed by atoms with Gasteiger partial charge in [0.15, 0.2) is 0 Å². The molecule has 1 aromatic rings. The van der Waals surface area contributed by atoms with Gasteiger partial charge in [0.1, 0.15) is 5.69 Å². The van der Waals surface area contributed by atoms with Crippen LogP contribution in [0.25, 0.3) is 0 Å². The summed E-state index contributed by atoms with van der Waals surface area (Å²) in [6.07, 6.45) is 3.22. The molecule has 1 aromatic carbocycles. The number of nitrogens with one attached hydrogen (secondary N) is 1. The number of halogens is 1. The Labute approximate surface area is 106 Å². The number of anilines is 1. The molecular formula is C12H17ClN2O2. The zero-order chi connectivity index (χ0) is 12.8. The van der Waals surface area contributed by atoms with Crippen LogP contribution in [0, 0.1) is 10.1 Å². The summed E-state index contributed by atoms with van der Waals surface area (Å²) in [5.41, 5.74) is 0.559. The molecule has 1 rings (SSSR count). The Hall–Kier alpha value is -1.29. The van der Waals surface area contributed by atoms with E-state index in [9.17, 15) is 10.1 Å². The van der Waals surface area contributed by atoms with Crippen LogP contribution < -0.4 is 5.32 Å². The van der Waals surface area contributed by atoms with E-state index >= 15 is 0 Å². The molecule has 17 heavy (non-hydrogen) atoms. The first-order valence-corrected chi connectivity index (χ1v) is 6.13. The SMILES string of the molecule is CCCCC(C)Nc1ccc(Cl)cc1[N+](=O)[O-]. The monoisotopic (exact) mass is 256 g/mol. The number of hydrogen-bond acceptors (Lipinski definition) is 3. The van der Waals surface area contributed by atoms with Crippen LogP contribution >= 0.6 is 11.6 Å². The van der Waals surface area contributed by atoms with Crippen LogP contribution in [-0.2, 0) is 0 Å². The molecule has 0 fully saturated rings. The van der Waals surface area contributed by atoms with E-state index < -0.39 is 4.92 Å². The van der Waals surface area contributed by atoms with E-state index in [-0.39, 0.29) is 11.7 Å². The van der Waals surface area contributed by atoms with Crippen LogP contribution in [0.1, 0.15) is 33.1 Å². The number of nitro groups is 1. The van der Waals surface area contributed by atoms with E-state index in [1.54, 1.807) is 12.1 Å². The molecule has 0 heterocycles. The van der Waals surface area contributed by atoms with Gasteiger partial charge in [-0.1, -0.05) is 31.4 Å². The lowest BCUT2D eigenvalue weighted by Gasteiger charge is -2.14. The maximum Gasteiger partial charge on any atom is 0.293 e. The van der Waals surface area contributed by atoms with Gasteiger partial charge >= 0.3 is 0 Å². The first-order chi connectivity index (χ1) is 8.04. The summed E-state index contributed by atoms with van der Waals surface area (Å²) in [6, 6.07) is 4.90. The molecule has 0 aliphatic carbocycles. The van der Waals surface area contributed by atoms with Crippen LogP contribution in [0.4, 0.5) is 11.4 Å². The Morgan fingerprint density at radius 2 is 2.24 bits per heavy atom. The van der Waals surface area contributed by atoms with Crippen LogP contribution in [0.3, 0.4) is 0 Å². The van der Waals surface area contributed by atoms with Crippen molar-refractivity contribution in [2.45, 2.75) is 39.2 Å². The van der Waals surface area contributed by atoms with Crippen LogP contribution in [0.15, 0.2) is 18.2 Å². The van der Waals surface area contributed by atoms with Crippen LogP contribution in [0.5, 0.6) is 0 Å². The van der Waals surface area contributed by atoms with Crippen LogP contribution in [0.2, 0.25) is 5.02 Å². The summed E-state index contributed by atoms with van der Waals surface area (Å²) in [7, 11) is 0. The summed E-state index contributed by atoms with van der Waals surface area (Å²) in [5.74, 6) is 0. The third kappa shape index (κ3) is 4.23. The molecule has 0 aromatic heterocycles. The first-order valence-electron chi connectivity index (χ1n) is 5.75. The van der Waals surface area contributed by atoms with Gasteiger partial charge in [0.25, 0.3) is 5.69 Å². The molecule has 94 valence electrons. The van der Waals surface area contributed by atoms with E-state index in [1.165, 1.54) is 6.07 Å². The Morgan fingerprint density at radius 1 is 1.53 bits per heavy atom. The number of nitrogens with zero attached hydrogens (tertiary/aromatic N) is 1. The first kappa shape index (κ1) is 13.8. The molecule has 0 saturated carbocycles. The third-order valence-corrected chi connectivity index (χ3v) is 2.78. The molecule has 1 atom stereocenters. The minimum absolute atomic E-state index is 0.0286. The molecule has 0 bridgehead atoms. The summed E-state index contributed by atoms with van der Waals surface area (Å²) in [4.78, 5) is 10.5. The highest BCUT2D eigenvalue weighted by Crippen LogP contribution is 2.28. The lowest BCUT2D eigenvalue weighted by molar-refractivity contribution is -0.384. The minimum Gasteiger partial charge on any atom is -0.377 e. The van der Waals surface area contributed by atoms with Gasteiger partial charge in [-0.05, 0) is 25.5 Å². The maximum absolute atomic E-state index is 10.9. The van der Waals surface area contributed by atoms with E-state index in [4.69, 9.17) is 11.6 Å². The standard InChI is InChI=1S/C12H17ClN2O2/c1-3-4-5-9(2)14-11-7-6-10(13)8-12(11)15(16)17/h6-9,14H,3-5H2,1-2H3. The Morgan fingerprint density at radius 3 is 2.82 bits per heavy atom. The Kier molecular flexibility index (Phi) is 5.22. The largest absolute Gasteiger partial charge is 0.377 e. The van der Waals surface area contributed by atoms with Crippen molar-refractivity contribution in [3.8, 4) is 0 Å². The second-order valence-corrected chi connectivity index (χ2v) is 4.54. The van der Waals surface area contributed by atoms with Gasteiger partial charge in [0, 0.05) is 17.1 Å². The molecule has 0 radical (unpaired) electrons. The fourth-order valence-corrected chi connectivity index (χ4v) is 1.79. The molecule has 5 heteroatoms. The molecular weight excluding hydrogens is 240 g/mol. The zero-order valence-electron chi connectivity index (χ0n) is 10.1. The minimum atomic E-state index is -0.416. The summed E-state index contributed by atoms with van der Waals surface area (Å²) >= 11 is 5.75. The van der Waals surface area contributed by atoms with Crippen molar-refractivity contribution >= 4 is 23.0 Å². The van der Waals surface area contributed by atoms with Crippen molar-refractivity contribution in [2.75, 3.05) is 5.32 Å². The van der Waals surface area contributed by atoms with Crippen molar-refractivity contribution < 1.29 is 4.92 Å². The van der Waals surface area contributed by atoms with E-state index in [0.29, 0.717) is 10.7 Å². The van der Waals surface area contributed by atoms with E-state index in [1.807, 2.05) is 6.92 Å². The second kappa shape index (κ2) is 6.45. The normalized spacial score (nSPS) is 12.2. The molecule has 1 N–H and O–H groups in total. The van der Waals surface area contributed by atoms with Crippen molar-refractivity contribution in [1.82, 2.24) is 0 Å². The number of rotatable bonds is 6. The molecule has 4 nitrogen and oxygen atoms in total. The summed E-state index contributed by atoms with van der Waals surface area (Å²) < 4.78 is 0. The Balaban J connectivity index is 2.79. The molecule has 0 amide bonds. The average Bonchev–Trinajstić information content (AvgIpc) is 2.28. The van der Waals surface area contributed by atoms with Crippen LogP contribution in [-0.4, -0.2) is 11.0 Å². The number of hydrogen-bond donors (Lipinski definition) is 1. The predicted octanol–water partition coefficient (Wildman–Crippen LogP) is 4.24. The van der Waals surface area contributed by atoms with Gasteiger partial charge in [-0.3, -0.25) is 10.1 Å². The second-order valence-electron chi connectivity index (χ2n) is 4.11. The van der Waals surface area contributed by atoms with E-state index in [2.05, 4.69) is 12.2 Å². The van der Waals surface area contributed by atoms with Gasteiger partial charge in [-0.15, -0.1) is 0 Å². The highest BCUT2D eigenvalue weighted by Gasteiger charge is 2.15. The molecule has 0 saturated heterocycles. The molecule has 0 spiro atoms. The number of benzene rings is 1. The highest BCUT2D eigenvalue weighted by atomic mass is 35.5. The molecule has 0 aliphatic heterocycles. The van der Waals surface area contributed by atoms with Crippen molar-refractivity contribution in [2.24, 2.45) is 0 Å².